The molecular formula is C15H17N5O3. The van der Waals surface area contributed by atoms with Crippen LogP contribution in [-0.4, -0.2) is 47.2 Å². The molecule has 120 valence electrons. The smallest absolute Gasteiger partial charge is 0.270 e. The van der Waals surface area contributed by atoms with Gasteiger partial charge in [-0.25, -0.2) is 4.98 Å². The minimum Gasteiger partial charge on any atom is -0.378 e. The molecule has 2 N–H and O–H groups in total. The van der Waals surface area contributed by atoms with Crippen molar-refractivity contribution in [2.45, 2.75) is 6.54 Å². The lowest BCUT2D eigenvalue weighted by Crippen LogP contribution is -2.38. The third-order valence-electron chi connectivity index (χ3n) is 3.42. The van der Waals surface area contributed by atoms with Gasteiger partial charge in [-0.1, -0.05) is 6.07 Å². The molecule has 1 aliphatic heterocycles. The molecule has 2 aromatic heterocycles. The second kappa shape index (κ2) is 7.01. The number of carbonyl (C=O) groups excluding carboxylic acids is 1. The van der Waals surface area contributed by atoms with E-state index in [0.29, 0.717) is 43.6 Å². The Balaban J connectivity index is 1.69. The van der Waals surface area contributed by atoms with E-state index >= 15 is 0 Å². The van der Waals surface area contributed by atoms with E-state index in [1.165, 1.54) is 6.07 Å². The second-order valence-electron chi connectivity index (χ2n) is 5.06. The lowest BCUT2D eigenvalue weighted by atomic mass is 10.3. The number of H-pyrrole nitrogens is 1. The molecule has 3 rings (SSSR count). The van der Waals surface area contributed by atoms with Gasteiger partial charge in [-0.3, -0.25) is 19.6 Å². The van der Waals surface area contributed by atoms with Gasteiger partial charge in [0, 0.05) is 25.4 Å². The van der Waals surface area contributed by atoms with Crippen molar-refractivity contribution in [1.29, 1.82) is 0 Å². The fourth-order valence-corrected chi connectivity index (χ4v) is 2.27. The zero-order valence-electron chi connectivity index (χ0n) is 12.5. The molecule has 0 atom stereocenters. The summed E-state index contributed by atoms with van der Waals surface area (Å²) in [5, 5.41) is 2.71. The first kappa shape index (κ1) is 15.2. The molecule has 8 heteroatoms. The van der Waals surface area contributed by atoms with E-state index in [0.717, 1.165) is 0 Å². The third-order valence-corrected chi connectivity index (χ3v) is 3.42. The summed E-state index contributed by atoms with van der Waals surface area (Å²) >= 11 is 0. The maximum atomic E-state index is 12.0. The van der Waals surface area contributed by atoms with Crippen molar-refractivity contribution in [3.63, 3.8) is 0 Å². The summed E-state index contributed by atoms with van der Waals surface area (Å²) in [7, 11) is 0. The quantitative estimate of drug-likeness (QED) is 0.819. The van der Waals surface area contributed by atoms with Gasteiger partial charge in [0.2, 0.25) is 5.95 Å². The topological polar surface area (TPSA) is 100 Å². The second-order valence-corrected chi connectivity index (χ2v) is 5.06. The molecule has 8 nitrogen and oxygen atoms in total. The number of nitrogens with one attached hydrogen (secondary N) is 2. The Kier molecular flexibility index (Phi) is 4.62. The molecule has 0 radical (unpaired) electrons. The van der Waals surface area contributed by atoms with Crippen LogP contribution in [0.25, 0.3) is 0 Å². The van der Waals surface area contributed by atoms with Gasteiger partial charge in [0.1, 0.15) is 5.69 Å². The van der Waals surface area contributed by atoms with Crippen LogP contribution in [0.15, 0.2) is 35.3 Å². The van der Waals surface area contributed by atoms with Crippen LogP contribution >= 0.6 is 0 Å². The number of amides is 1. The first-order valence-corrected chi connectivity index (χ1v) is 7.34. The number of ether oxygens (including phenoxy) is 1. The zero-order valence-corrected chi connectivity index (χ0v) is 12.5. The number of aromatic nitrogens is 3. The average Bonchev–Trinajstić information content (AvgIpc) is 2.61. The Morgan fingerprint density at radius 1 is 1.35 bits per heavy atom. The van der Waals surface area contributed by atoms with E-state index in [1.807, 2.05) is 4.90 Å². The van der Waals surface area contributed by atoms with Gasteiger partial charge >= 0.3 is 0 Å². The van der Waals surface area contributed by atoms with E-state index in [4.69, 9.17) is 4.74 Å². The summed E-state index contributed by atoms with van der Waals surface area (Å²) < 4.78 is 5.28. The fourth-order valence-electron chi connectivity index (χ4n) is 2.27. The van der Waals surface area contributed by atoms with E-state index in [1.54, 1.807) is 24.4 Å². The largest absolute Gasteiger partial charge is 0.378 e. The number of anilines is 1. The number of carbonyl (C=O) groups is 1. The predicted molar refractivity (Wildman–Crippen MR) is 83.3 cm³/mol. The molecular weight excluding hydrogens is 298 g/mol. The van der Waals surface area contributed by atoms with E-state index < -0.39 is 0 Å². The van der Waals surface area contributed by atoms with E-state index in [9.17, 15) is 9.59 Å². The number of pyridine rings is 1. The summed E-state index contributed by atoms with van der Waals surface area (Å²) in [6, 6.07) is 6.48. The van der Waals surface area contributed by atoms with Gasteiger partial charge in [-0.05, 0) is 12.1 Å². The number of nitrogens with zero attached hydrogens (tertiary/aromatic N) is 3. The van der Waals surface area contributed by atoms with Crippen LogP contribution in [-0.2, 0) is 11.3 Å². The van der Waals surface area contributed by atoms with Crippen molar-refractivity contribution < 1.29 is 9.53 Å². The number of hydrogen-bond donors (Lipinski definition) is 2. The van der Waals surface area contributed by atoms with Crippen LogP contribution in [0, 0.1) is 0 Å². The minimum atomic E-state index is -0.305. The first-order valence-electron chi connectivity index (χ1n) is 7.34. The van der Waals surface area contributed by atoms with Crippen LogP contribution in [0.4, 0.5) is 5.95 Å². The van der Waals surface area contributed by atoms with Crippen molar-refractivity contribution in [2.24, 2.45) is 0 Å². The molecule has 0 spiro atoms. The molecule has 0 bridgehead atoms. The van der Waals surface area contributed by atoms with Crippen LogP contribution in [0.2, 0.25) is 0 Å². The Labute approximate surface area is 132 Å². The van der Waals surface area contributed by atoms with Crippen LogP contribution < -0.4 is 15.8 Å². The van der Waals surface area contributed by atoms with Crippen LogP contribution in [0.5, 0.6) is 0 Å². The minimum absolute atomic E-state index is 0.163. The Bertz CT molecular complexity index is 725. The summed E-state index contributed by atoms with van der Waals surface area (Å²) in [5.74, 6) is 0.198. The van der Waals surface area contributed by atoms with Gasteiger partial charge in [0.25, 0.3) is 11.5 Å². The first-order chi connectivity index (χ1) is 11.2. The summed E-state index contributed by atoms with van der Waals surface area (Å²) in [6.07, 6.45) is 1.55. The lowest BCUT2D eigenvalue weighted by Gasteiger charge is -2.27. The third kappa shape index (κ3) is 3.92. The Hall–Kier alpha value is -2.74. The highest BCUT2D eigenvalue weighted by Gasteiger charge is 2.14. The Morgan fingerprint density at radius 3 is 2.91 bits per heavy atom. The van der Waals surface area contributed by atoms with Crippen molar-refractivity contribution in [2.75, 3.05) is 31.2 Å². The van der Waals surface area contributed by atoms with Gasteiger partial charge in [-0.2, -0.15) is 0 Å². The fraction of sp³-hybridized carbons (Fsp3) is 0.333. The molecule has 2 aromatic rings. The number of hydrogen-bond acceptors (Lipinski definition) is 6. The van der Waals surface area contributed by atoms with E-state index in [-0.39, 0.29) is 18.0 Å². The molecule has 1 fully saturated rings. The highest BCUT2D eigenvalue weighted by Crippen LogP contribution is 2.08. The number of morpholine rings is 1. The number of rotatable bonds is 4. The van der Waals surface area contributed by atoms with E-state index in [2.05, 4.69) is 20.3 Å². The highest BCUT2D eigenvalue weighted by atomic mass is 16.5. The molecule has 0 aliphatic carbocycles. The van der Waals surface area contributed by atoms with Crippen molar-refractivity contribution in [3.8, 4) is 0 Å². The zero-order chi connectivity index (χ0) is 16.1. The molecule has 1 amide bonds. The van der Waals surface area contributed by atoms with Gasteiger partial charge in [-0.15, -0.1) is 0 Å². The van der Waals surface area contributed by atoms with Gasteiger partial charge < -0.3 is 15.0 Å². The lowest BCUT2D eigenvalue weighted by molar-refractivity contribution is 0.0945. The van der Waals surface area contributed by atoms with Crippen LogP contribution in [0.1, 0.15) is 16.2 Å². The molecule has 1 aliphatic rings. The van der Waals surface area contributed by atoms with Gasteiger partial charge in [0.05, 0.1) is 25.5 Å². The summed E-state index contributed by atoms with van der Waals surface area (Å²) in [6.45, 7) is 2.71. The van der Waals surface area contributed by atoms with Crippen molar-refractivity contribution >= 4 is 11.9 Å². The summed E-state index contributed by atoms with van der Waals surface area (Å²) in [4.78, 5) is 36.8. The highest BCUT2D eigenvalue weighted by molar-refractivity contribution is 5.92. The summed E-state index contributed by atoms with van der Waals surface area (Å²) in [5.41, 5.74) is 0.578. The molecule has 0 aromatic carbocycles. The van der Waals surface area contributed by atoms with Gasteiger partial charge in [0.15, 0.2) is 0 Å². The average molecular weight is 315 g/mol. The SMILES string of the molecule is O=C(NCc1cc(=O)[nH]c(N2CCOCC2)n1)c1ccccn1. The van der Waals surface area contributed by atoms with Crippen molar-refractivity contribution in [1.82, 2.24) is 20.3 Å². The molecule has 23 heavy (non-hydrogen) atoms. The maximum Gasteiger partial charge on any atom is 0.270 e. The van der Waals surface area contributed by atoms with Crippen LogP contribution in [0.3, 0.4) is 0 Å². The molecule has 0 saturated carbocycles. The Morgan fingerprint density at radius 2 is 2.17 bits per heavy atom. The predicted octanol–water partition coefficient (Wildman–Crippen LogP) is -0.0685. The molecule has 3 heterocycles. The van der Waals surface area contributed by atoms with Crippen molar-refractivity contribution in [3.05, 3.63) is 52.2 Å². The normalized spacial score (nSPS) is 14.5. The number of aromatic amines is 1. The molecule has 0 unspecified atom stereocenters. The monoisotopic (exact) mass is 315 g/mol. The standard InChI is InChI=1S/C15H17N5O3/c21-13-9-11(10-17-14(22)12-3-1-2-4-16-12)18-15(19-13)20-5-7-23-8-6-20/h1-4,9H,5-8,10H2,(H,17,22)(H,18,19,21). The maximum absolute atomic E-state index is 12.0. The molecule has 1 saturated heterocycles.